The van der Waals surface area contributed by atoms with Crippen molar-refractivity contribution in [2.24, 2.45) is 0 Å². The molecule has 0 aliphatic heterocycles. The van der Waals surface area contributed by atoms with Crippen LogP contribution in [-0.2, 0) is 9.53 Å². The number of amides is 1. The van der Waals surface area contributed by atoms with Crippen molar-refractivity contribution < 1.29 is 23.8 Å². The van der Waals surface area contributed by atoms with E-state index < -0.39 is 5.97 Å². The minimum absolute atomic E-state index is 0.173. The summed E-state index contributed by atoms with van der Waals surface area (Å²) in [6, 6.07) is 15.3. The number of hydrogen-bond acceptors (Lipinski definition) is 6. The lowest BCUT2D eigenvalue weighted by atomic mass is 10.0. The molecular formula is C26H29NO5S. The predicted molar refractivity (Wildman–Crippen MR) is 131 cm³/mol. The first-order chi connectivity index (χ1) is 16.0. The van der Waals surface area contributed by atoms with Gasteiger partial charge in [0, 0.05) is 17.4 Å². The van der Waals surface area contributed by atoms with Crippen molar-refractivity contribution >= 4 is 28.2 Å². The van der Waals surface area contributed by atoms with Crippen LogP contribution in [0.15, 0.2) is 53.9 Å². The van der Waals surface area contributed by atoms with E-state index in [0.717, 1.165) is 22.6 Å². The molecule has 174 valence electrons. The number of benzene rings is 2. The highest BCUT2D eigenvalue weighted by molar-refractivity contribution is 7.15. The maximum absolute atomic E-state index is 12.7. The van der Waals surface area contributed by atoms with Crippen LogP contribution in [0.3, 0.4) is 0 Å². The van der Waals surface area contributed by atoms with Crippen LogP contribution in [0.25, 0.3) is 11.1 Å². The Morgan fingerprint density at radius 3 is 2.24 bits per heavy atom. The summed E-state index contributed by atoms with van der Waals surface area (Å²) in [6.45, 7) is 6.97. The fourth-order valence-corrected chi connectivity index (χ4v) is 4.19. The summed E-state index contributed by atoms with van der Waals surface area (Å²) in [7, 11) is 0. The molecule has 33 heavy (non-hydrogen) atoms. The van der Waals surface area contributed by atoms with E-state index in [9.17, 15) is 9.59 Å². The first-order valence-electron chi connectivity index (χ1n) is 11.0. The predicted octanol–water partition coefficient (Wildman–Crippen LogP) is 6.10. The van der Waals surface area contributed by atoms with Gasteiger partial charge in [-0.15, -0.1) is 11.3 Å². The zero-order valence-electron chi connectivity index (χ0n) is 19.2. The minimum atomic E-state index is -0.458. The fraction of sp³-hybridized carbons (Fsp3) is 0.308. The van der Waals surface area contributed by atoms with E-state index in [1.165, 1.54) is 16.9 Å². The van der Waals surface area contributed by atoms with Gasteiger partial charge in [-0.05, 0) is 57.0 Å². The van der Waals surface area contributed by atoms with Crippen molar-refractivity contribution in [3.05, 3.63) is 65.0 Å². The second-order valence-corrected chi connectivity index (χ2v) is 8.22. The van der Waals surface area contributed by atoms with E-state index in [-0.39, 0.29) is 18.9 Å². The first kappa shape index (κ1) is 24.3. The van der Waals surface area contributed by atoms with E-state index in [4.69, 9.17) is 14.2 Å². The Hall–Kier alpha value is -3.32. The molecule has 0 radical (unpaired) electrons. The second-order valence-electron chi connectivity index (χ2n) is 7.34. The Balaban J connectivity index is 1.65. The number of carbonyl (C=O) groups is 2. The molecule has 0 fully saturated rings. The molecule has 3 rings (SSSR count). The molecule has 1 amide bonds. The number of thiophene rings is 1. The molecule has 0 bridgehead atoms. The third-order valence-electron chi connectivity index (χ3n) is 4.84. The van der Waals surface area contributed by atoms with Crippen molar-refractivity contribution in [1.29, 1.82) is 0 Å². The summed E-state index contributed by atoms with van der Waals surface area (Å²) in [5, 5.41) is 5.22. The van der Waals surface area contributed by atoms with Gasteiger partial charge in [0.25, 0.3) is 0 Å². The normalized spacial score (nSPS) is 10.5. The smallest absolute Gasteiger partial charge is 0.341 e. The molecule has 2 aromatic carbocycles. The molecule has 0 aliphatic rings. The third-order valence-corrected chi connectivity index (χ3v) is 5.73. The van der Waals surface area contributed by atoms with Crippen molar-refractivity contribution in [3.8, 4) is 22.6 Å². The maximum atomic E-state index is 12.7. The van der Waals surface area contributed by atoms with Crippen LogP contribution in [0.1, 0.15) is 42.6 Å². The summed E-state index contributed by atoms with van der Waals surface area (Å²) in [4.78, 5) is 25.2. The summed E-state index contributed by atoms with van der Waals surface area (Å²) < 4.78 is 16.4. The van der Waals surface area contributed by atoms with E-state index in [1.54, 1.807) is 6.92 Å². The van der Waals surface area contributed by atoms with E-state index in [1.807, 2.05) is 67.8 Å². The van der Waals surface area contributed by atoms with Gasteiger partial charge in [0.2, 0.25) is 5.91 Å². The highest BCUT2D eigenvalue weighted by atomic mass is 32.1. The highest BCUT2D eigenvalue weighted by Gasteiger charge is 2.22. The number of rotatable bonds is 11. The lowest BCUT2D eigenvalue weighted by Gasteiger charge is -2.10. The lowest BCUT2D eigenvalue weighted by molar-refractivity contribution is -0.116. The summed E-state index contributed by atoms with van der Waals surface area (Å²) >= 11 is 1.31. The molecule has 3 aromatic rings. The molecule has 0 atom stereocenters. The Morgan fingerprint density at radius 2 is 1.58 bits per heavy atom. The van der Waals surface area contributed by atoms with Gasteiger partial charge in [-0.1, -0.05) is 29.8 Å². The van der Waals surface area contributed by atoms with E-state index in [2.05, 4.69) is 5.32 Å². The zero-order valence-corrected chi connectivity index (χ0v) is 20.0. The average molecular weight is 468 g/mol. The van der Waals surface area contributed by atoms with Gasteiger partial charge in [0.05, 0.1) is 19.8 Å². The van der Waals surface area contributed by atoms with Gasteiger partial charge in [0.1, 0.15) is 22.1 Å². The standard InChI is InChI=1S/C26H29NO5S/c1-4-30-20-14-10-19(11-15-20)22-17-33-25(24(22)26(29)31-5-2)27-23(28)7-6-16-32-21-12-8-18(3)9-13-21/h8-15,17H,4-7,16H2,1-3H3,(H,27,28). The van der Waals surface area contributed by atoms with Crippen molar-refractivity contribution in [2.75, 3.05) is 25.1 Å². The molecule has 0 spiro atoms. The average Bonchev–Trinajstić information content (AvgIpc) is 3.22. The molecule has 1 N–H and O–H groups in total. The molecular weight excluding hydrogens is 438 g/mol. The molecule has 1 heterocycles. The molecule has 0 aliphatic carbocycles. The van der Waals surface area contributed by atoms with Crippen LogP contribution in [0, 0.1) is 6.92 Å². The van der Waals surface area contributed by atoms with Crippen LogP contribution in [0.2, 0.25) is 0 Å². The molecule has 0 saturated heterocycles. The number of ether oxygens (including phenoxy) is 3. The van der Waals surface area contributed by atoms with Crippen LogP contribution < -0.4 is 14.8 Å². The Labute approximate surface area is 198 Å². The quantitative estimate of drug-likeness (QED) is 0.273. The Kier molecular flexibility index (Phi) is 8.89. The number of hydrogen-bond donors (Lipinski definition) is 1. The van der Waals surface area contributed by atoms with Crippen LogP contribution in [0.5, 0.6) is 11.5 Å². The number of anilines is 1. The third kappa shape index (κ3) is 6.83. The monoisotopic (exact) mass is 467 g/mol. The summed E-state index contributed by atoms with van der Waals surface area (Å²) in [5.74, 6) is 0.910. The number of nitrogens with one attached hydrogen (secondary N) is 1. The van der Waals surface area contributed by atoms with Gasteiger partial charge >= 0.3 is 5.97 Å². The molecule has 0 unspecified atom stereocenters. The number of aryl methyl sites for hydroxylation is 1. The van der Waals surface area contributed by atoms with E-state index in [0.29, 0.717) is 30.2 Å². The van der Waals surface area contributed by atoms with Crippen LogP contribution in [0.4, 0.5) is 5.00 Å². The molecule has 7 heteroatoms. The molecule has 1 aromatic heterocycles. The SMILES string of the molecule is CCOC(=O)c1c(-c2ccc(OCC)cc2)csc1NC(=O)CCCOc1ccc(C)cc1. The van der Waals surface area contributed by atoms with Crippen LogP contribution in [-0.4, -0.2) is 31.7 Å². The second kappa shape index (κ2) is 12.1. The van der Waals surface area contributed by atoms with Gasteiger partial charge < -0.3 is 19.5 Å². The number of carbonyl (C=O) groups excluding carboxylic acids is 2. The van der Waals surface area contributed by atoms with Crippen molar-refractivity contribution in [3.63, 3.8) is 0 Å². The maximum Gasteiger partial charge on any atom is 0.341 e. The fourth-order valence-electron chi connectivity index (χ4n) is 3.21. The highest BCUT2D eigenvalue weighted by Crippen LogP contribution is 2.37. The lowest BCUT2D eigenvalue weighted by Crippen LogP contribution is -2.15. The van der Waals surface area contributed by atoms with Crippen molar-refractivity contribution in [2.45, 2.75) is 33.6 Å². The van der Waals surface area contributed by atoms with Gasteiger partial charge in [-0.3, -0.25) is 4.79 Å². The van der Waals surface area contributed by atoms with Crippen LogP contribution >= 0.6 is 11.3 Å². The van der Waals surface area contributed by atoms with Crippen molar-refractivity contribution in [1.82, 2.24) is 0 Å². The van der Waals surface area contributed by atoms with Gasteiger partial charge in [0.15, 0.2) is 0 Å². The topological polar surface area (TPSA) is 73.9 Å². The molecule has 0 saturated carbocycles. The summed E-state index contributed by atoms with van der Waals surface area (Å²) in [6.07, 6.45) is 0.843. The Bertz CT molecular complexity index is 1060. The number of esters is 1. The Morgan fingerprint density at radius 1 is 0.909 bits per heavy atom. The summed E-state index contributed by atoms with van der Waals surface area (Å²) in [5.41, 5.74) is 3.11. The molecule has 6 nitrogen and oxygen atoms in total. The van der Waals surface area contributed by atoms with Gasteiger partial charge in [-0.2, -0.15) is 0 Å². The van der Waals surface area contributed by atoms with Gasteiger partial charge in [-0.25, -0.2) is 4.79 Å². The van der Waals surface area contributed by atoms with E-state index >= 15 is 0 Å². The zero-order chi connectivity index (χ0) is 23.6. The minimum Gasteiger partial charge on any atom is -0.494 e. The largest absolute Gasteiger partial charge is 0.494 e. The first-order valence-corrected chi connectivity index (χ1v) is 11.9.